The smallest absolute Gasteiger partial charge is 0.459 e. The summed E-state index contributed by atoms with van der Waals surface area (Å²) in [6.07, 6.45) is -4.80. The van der Waals surface area contributed by atoms with Gasteiger partial charge >= 0.3 is 12.3 Å². The maximum absolute atomic E-state index is 12.7. The molecule has 0 saturated heterocycles. The fourth-order valence-electron chi connectivity index (χ4n) is 3.20. The minimum Gasteiger partial charge on any atom is -0.459 e. The summed E-state index contributed by atoms with van der Waals surface area (Å²) in [6.45, 7) is 2.25. The highest BCUT2D eigenvalue weighted by Gasteiger charge is 2.32. The zero-order valence-corrected chi connectivity index (χ0v) is 18.9. The molecule has 0 amide bonds. The van der Waals surface area contributed by atoms with Crippen molar-refractivity contribution in [3.05, 3.63) is 56.4 Å². The van der Waals surface area contributed by atoms with Crippen molar-refractivity contribution < 1.29 is 32.2 Å². The third kappa shape index (κ3) is 6.30. The molecule has 12 heteroatoms. The number of methoxy groups -OCH3 is 1. The van der Waals surface area contributed by atoms with Crippen molar-refractivity contribution >= 4 is 27.5 Å². The second-order valence-electron chi connectivity index (χ2n) is 7.21. The van der Waals surface area contributed by atoms with Crippen molar-refractivity contribution in [3.8, 4) is 5.75 Å². The number of carbonyl (C=O) groups excluding carboxylic acids is 1. The van der Waals surface area contributed by atoms with Gasteiger partial charge in [-0.15, -0.1) is 24.5 Å². The summed E-state index contributed by atoms with van der Waals surface area (Å²) in [5, 5.41) is 0.300. The number of carbonyl (C=O) groups is 1. The molecule has 0 bridgehead atoms. The standard InChI is InChI=1S/C21H22F3N3O5S/c1-12-16-18(28)25-15(26-19(16)33-17(12)20(29)31-9-8-30-3)11-27(2)10-13-6-4-5-7-14(13)32-21(22,23)24/h4-7H,8-11H2,1-3H3,(H,25,26,28). The lowest BCUT2D eigenvalue weighted by Crippen LogP contribution is -2.23. The maximum Gasteiger partial charge on any atom is 0.573 e. The fourth-order valence-corrected chi connectivity index (χ4v) is 4.30. The molecule has 0 spiro atoms. The summed E-state index contributed by atoms with van der Waals surface area (Å²) < 4.78 is 52.0. The van der Waals surface area contributed by atoms with Gasteiger partial charge in [0.05, 0.1) is 18.5 Å². The van der Waals surface area contributed by atoms with E-state index in [0.29, 0.717) is 27.2 Å². The molecule has 33 heavy (non-hydrogen) atoms. The zero-order valence-electron chi connectivity index (χ0n) is 18.1. The monoisotopic (exact) mass is 485 g/mol. The van der Waals surface area contributed by atoms with Crippen LogP contribution in [0.25, 0.3) is 10.2 Å². The van der Waals surface area contributed by atoms with E-state index < -0.39 is 17.9 Å². The van der Waals surface area contributed by atoms with E-state index in [1.165, 1.54) is 25.3 Å². The number of benzene rings is 1. The second-order valence-corrected chi connectivity index (χ2v) is 8.20. The minimum absolute atomic E-state index is 0.0857. The van der Waals surface area contributed by atoms with Gasteiger partial charge in [-0.1, -0.05) is 18.2 Å². The molecule has 3 aromatic rings. The maximum atomic E-state index is 12.7. The van der Waals surface area contributed by atoms with E-state index >= 15 is 0 Å². The Balaban J connectivity index is 1.79. The van der Waals surface area contributed by atoms with E-state index in [-0.39, 0.29) is 36.9 Å². The highest BCUT2D eigenvalue weighted by molar-refractivity contribution is 7.20. The SMILES string of the molecule is COCCOC(=O)c1sc2nc(CN(C)Cc3ccccc3OC(F)(F)F)[nH]c(=O)c2c1C. The molecular weight excluding hydrogens is 463 g/mol. The number of fused-ring (bicyclic) bond motifs is 1. The number of H-pyrrole nitrogens is 1. The van der Waals surface area contributed by atoms with Crippen LogP contribution in [0.2, 0.25) is 0 Å². The topological polar surface area (TPSA) is 93.8 Å². The Morgan fingerprint density at radius 2 is 1.94 bits per heavy atom. The first kappa shape index (κ1) is 24.7. The van der Waals surface area contributed by atoms with Crippen molar-refractivity contribution in [2.75, 3.05) is 27.4 Å². The molecule has 0 fully saturated rings. The summed E-state index contributed by atoms with van der Waals surface area (Å²) in [5.74, 6) is -0.545. The van der Waals surface area contributed by atoms with E-state index in [4.69, 9.17) is 9.47 Å². The normalized spacial score (nSPS) is 11.8. The summed E-state index contributed by atoms with van der Waals surface area (Å²) in [7, 11) is 3.16. The summed E-state index contributed by atoms with van der Waals surface area (Å²) in [4.78, 5) is 34.4. The lowest BCUT2D eigenvalue weighted by Gasteiger charge is -2.19. The molecule has 0 atom stereocenters. The Labute approximate surface area is 190 Å². The molecule has 1 N–H and O–H groups in total. The van der Waals surface area contributed by atoms with E-state index in [9.17, 15) is 22.8 Å². The predicted molar refractivity (Wildman–Crippen MR) is 115 cm³/mol. The number of halogens is 3. The van der Waals surface area contributed by atoms with E-state index in [1.54, 1.807) is 24.9 Å². The summed E-state index contributed by atoms with van der Waals surface area (Å²) in [5.41, 5.74) is 0.395. The van der Waals surface area contributed by atoms with Gasteiger partial charge < -0.3 is 19.2 Å². The molecule has 0 aliphatic carbocycles. The molecule has 0 aliphatic heterocycles. The van der Waals surface area contributed by atoms with Crippen LogP contribution in [-0.2, 0) is 22.6 Å². The van der Waals surface area contributed by atoms with Gasteiger partial charge in [-0.2, -0.15) is 0 Å². The molecule has 1 aromatic carbocycles. The Hall–Kier alpha value is -2.96. The van der Waals surface area contributed by atoms with Gasteiger partial charge in [0.15, 0.2) is 0 Å². The van der Waals surface area contributed by atoms with Crippen LogP contribution in [0.1, 0.15) is 26.6 Å². The van der Waals surface area contributed by atoms with Crippen molar-refractivity contribution in [1.82, 2.24) is 14.9 Å². The summed E-state index contributed by atoms with van der Waals surface area (Å²) >= 11 is 1.05. The van der Waals surface area contributed by atoms with Gasteiger partial charge in [0.25, 0.3) is 5.56 Å². The lowest BCUT2D eigenvalue weighted by molar-refractivity contribution is -0.275. The van der Waals surface area contributed by atoms with Crippen LogP contribution in [0.5, 0.6) is 5.75 Å². The lowest BCUT2D eigenvalue weighted by atomic mass is 10.2. The molecular formula is C21H22F3N3O5S. The number of ether oxygens (including phenoxy) is 3. The highest BCUT2D eigenvalue weighted by Crippen LogP contribution is 2.29. The number of nitrogens with zero attached hydrogens (tertiary/aromatic N) is 2. The molecule has 8 nitrogen and oxygen atoms in total. The third-order valence-electron chi connectivity index (χ3n) is 4.61. The Morgan fingerprint density at radius 1 is 1.21 bits per heavy atom. The van der Waals surface area contributed by atoms with Gasteiger partial charge in [0.1, 0.15) is 27.9 Å². The molecule has 0 saturated carbocycles. The number of aromatic amines is 1. The average molecular weight is 485 g/mol. The number of alkyl halides is 3. The van der Waals surface area contributed by atoms with Crippen LogP contribution < -0.4 is 10.3 Å². The van der Waals surface area contributed by atoms with Crippen LogP contribution >= 0.6 is 11.3 Å². The average Bonchev–Trinajstić information content (AvgIpc) is 3.05. The number of thiophene rings is 1. The van der Waals surface area contributed by atoms with Gasteiger partial charge in [-0.3, -0.25) is 9.69 Å². The van der Waals surface area contributed by atoms with Crippen molar-refractivity contribution in [1.29, 1.82) is 0 Å². The zero-order chi connectivity index (χ0) is 24.2. The van der Waals surface area contributed by atoms with E-state index in [0.717, 1.165) is 11.3 Å². The van der Waals surface area contributed by atoms with Crippen molar-refractivity contribution in [3.63, 3.8) is 0 Å². The largest absolute Gasteiger partial charge is 0.573 e. The summed E-state index contributed by atoms with van der Waals surface area (Å²) in [6, 6.07) is 5.83. The fraction of sp³-hybridized carbons (Fsp3) is 0.381. The molecule has 0 unspecified atom stereocenters. The number of hydrogen-bond donors (Lipinski definition) is 1. The van der Waals surface area contributed by atoms with Gasteiger partial charge in [-0.05, 0) is 25.6 Å². The van der Waals surface area contributed by atoms with E-state index in [1.807, 2.05) is 0 Å². The Kier molecular flexibility index (Phi) is 7.72. The first-order valence-corrected chi connectivity index (χ1v) is 10.6. The second kappa shape index (κ2) is 10.3. The molecule has 2 heterocycles. The van der Waals surface area contributed by atoms with Crippen molar-refractivity contribution in [2.24, 2.45) is 0 Å². The minimum atomic E-state index is -4.80. The number of hydrogen-bond acceptors (Lipinski definition) is 8. The van der Waals surface area contributed by atoms with Crippen LogP contribution in [0.4, 0.5) is 13.2 Å². The first-order valence-electron chi connectivity index (χ1n) is 9.79. The van der Waals surface area contributed by atoms with Crippen LogP contribution in [0, 0.1) is 6.92 Å². The third-order valence-corrected chi connectivity index (χ3v) is 5.78. The van der Waals surface area contributed by atoms with Gasteiger partial charge in [0.2, 0.25) is 0 Å². The Morgan fingerprint density at radius 3 is 2.64 bits per heavy atom. The first-order chi connectivity index (χ1) is 15.6. The number of rotatable bonds is 9. The van der Waals surface area contributed by atoms with Crippen LogP contribution in [0.15, 0.2) is 29.1 Å². The predicted octanol–water partition coefficient (Wildman–Crippen LogP) is 3.63. The number of aryl methyl sites for hydroxylation is 1. The Bertz CT molecular complexity index is 1190. The highest BCUT2D eigenvalue weighted by atomic mass is 32.1. The van der Waals surface area contributed by atoms with Gasteiger partial charge in [0, 0.05) is 19.2 Å². The van der Waals surface area contributed by atoms with Crippen LogP contribution in [-0.4, -0.2) is 54.6 Å². The quantitative estimate of drug-likeness (QED) is 0.365. The molecule has 0 aliphatic rings. The van der Waals surface area contributed by atoms with Crippen LogP contribution in [0.3, 0.4) is 0 Å². The van der Waals surface area contributed by atoms with Crippen molar-refractivity contribution in [2.45, 2.75) is 26.4 Å². The van der Waals surface area contributed by atoms with Gasteiger partial charge in [-0.25, -0.2) is 9.78 Å². The number of nitrogens with one attached hydrogen (secondary N) is 1. The molecule has 3 rings (SSSR count). The van der Waals surface area contributed by atoms with E-state index in [2.05, 4.69) is 14.7 Å². The molecule has 0 radical (unpaired) electrons. The number of esters is 1. The number of aromatic nitrogens is 2. The molecule has 178 valence electrons. The number of para-hydroxylation sites is 1. The molecule has 2 aromatic heterocycles.